The number of para-hydroxylation sites is 1. The summed E-state index contributed by atoms with van der Waals surface area (Å²) in [7, 11) is 0. The normalized spacial score (nSPS) is 12.1. The summed E-state index contributed by atoms with van der Waals surface area (Å²) in [6.07, 6.45) is 0. The zero-order valence-electron chi connectivity index (χ0n) is 10.2. The van der Waals surface area contributed by atoms with E-state index in [-0.39, 0.29) is 16.7 Å². The van der Waals surface area contributed by atoms with E-state index in [0.717, 1.165) is 10.4 Å². The Kier molecular flexibility index (Phi) is 3.62. The summed E-state index contributed by atoms with van der Waals surface area (Å²) in [5.41, 5.74) is 1.61. The molecule has 94 valence electrons. The predicted molar refractivity (Wildman–Crippen MR) is 74.2 cm³/mol. The molecule has 0 fully saturated rings. The van der Waals surface area contributed by atoms with Gasteiger partial charge in [-0.25, -0.2) is 0 Å². The van der Waals surface area contributed by atoms with Crippen molar-refractivity contribution < 1.29 is 4.92 Å². The largest absolute Gasteiger partial charge is 0.372 e. The molecule has 1 aromatic heterocycles. The van der Waals surface area contributed by atoms with Gasteiger partial charge < -0.3 is 5.32 Å². The molecular formula is C13H14N2O2S. The van der Waals surface area contributed by atoms with Crippen molar-refractivity contribution in [2.45, 2.75) is 19.9 Å². The van der Waals surface area contributed by atoms with E-state index >= 15 is 0 Å². The van der Waals surface area contributed by atoms with Gasteiger partial charge in [0.25, 0.3) is 5.69 Å². The van der Waals surface area contributed by atoms with Crippen LogP contribution in [0.2, 0.25) is 0 Å². The lowest BCUT2D eigenvalue weighted by atomic mass is 10.1. The highest BCUT2D eigenvalue weighted by Crippen LogP contribution is 2.32. The maximum absolute atomic E-state index is 11.0. The summed E-state index contributed by atoms with van der Waals surface area (Å²) in [6.45, 7) is 3.87. The standard InChI is InChI=1S/C13H14N2O2S/c1-9-5-3-6-11(15(16)17)13(9)14-10(2)12-7-4-8-18-12/h3-8,10,14H,1-2H3. The first-order valence-electron chi connectivity index (χ1n) is 5.63. The Balaban J connectivity index is 2.31. The Morgan fingerprint density at radius 1 is 1.33 bits per heavy atom. The van der Waals surface area contributed by atoms with E-state index in [9.17, 15) is 10.1 Å². The maximum atomic E-state index is 11.0. The fourth-order valence-electron chi connectivity index (χ4n) is 1.82. The minimum absolute atomic E-state index is 0.0600. The van der Waals surface area contributed by atoms with Crippen molar-refractivity contribution in [3.8, 4) is 0 Å². The minimum Gasteiger partial charge on any atom is -0.372 e. The van der Waals surface area contributed by atoms with Gasteiger partial charge in [-0.05, 0) is 30.9 Å². The number of hydrogen-bond donors (Lipinski definition) is 1. The monoisotopic (exact) mass is 262 g/mol. The van der Waals surface area contributed by atoms with E-state index in [1.54, 1.807) is 17.4 Å². The molecule has 0 saturated carbocycles. The SMILES string of the molecule is Cc1cccc([N+](=O)[O-])c1NC(C)c1cccs1. The lowest BCUT2D eigenvalue weighted by Gasteiger charge is -2.15. The Morgan fingerprint density at radius 3 is 2.72 bits per heavy atom. The van der Waals surface area contributed by atoms with Gasteiger partial charge in [-0.2, -0.15) is 0 Å². The summed E-state index contributed by atoms with van der Waals surface area (Å²) in [6, 6.07) is 9.16. The highest BCUT2D eigenvalue weighted by Gasteiger charge is 2.17. The molecule has 1 unspecified atom stereocenters. The van der Waals surface area contributed by atoms with E-state index in [4.69, 9.17) is 0 Å². The average Bonchev–Trinajstić information content (AvgIpc) is 2.85. The number of benzene rings is 1. The van der Waals surface area contributed by atoms with Crippen molar-refractivity contribution in [2.75, 3.05) is 5.32 Å². The van der Waals surface area contributed by atoms with Crippen LogP contribution in [0.15, 0.2) is 35.7 Å². The van der Waals surface area contributed by atoms with Crippen LogP contribution in [0.4, 0.5) is 11.4 Å². The average molecular weight is 262 g/mol. The molecule has 1 N–H and O–H groups in total. The Morgan fingerprint density at radius 2 is 2.11 bits per heavy atom. The zero-order chi connectivity index (χ0) is 13.1. The number of nitro benzene ring substituents is 1. The van der Waals surface area contributed by atoms with Crippen LogP contribution in [0.5, 0.6) is 0 Å². The van der Waals surface area contributed by atoms with Gasteiger partial charge in [-0.1, -0.05) is 18.2 Å². The fourth-order valence-corrected chi connectivity index (χ4v) is 2.55. The van der Waals surface area contributed by atoms with E-state index in [1.165, 1.54) is 6.07 Å². The minimum atomic E-state index is -0.351. The number of nitrogens with zero attached hydrogens (tertiary/aromatic N) is 1. The molecule has 18 heavy (non-hydrogen) atoms. The predicted octanol–water partition coefficient (Wildman–Crippen LogP) is 4.14. The molecule has 0 saturated heterocycles. The molecule has 4 nitrogen and oxygen atoms in total. The Hall–Kier alpha value is -1.88. The van der Waals surface area contributed by atoms with Crippen molar-refractivity contribution in [3.05, 3.63) is 56.3 Å². The third-order valence-corrected chi connectivity index (χ3v) is 3.83. The highest BCUT2D eigenvalue weighted by atomic mass is 32.1. The number of hydrogen-bond acceptors (Lipinski definition) is 4. The number of rotatable bonds is 4. The maximum Gasteiger partial charge on any atom is 0.292 e. The van der Waals surface area contributed by atoms with Crippen LogP contribution >= 0.6 is 11.3 Å². The molecule has 0 amide bonds. The number of nitro groups is 1. The summed E-state index contributed by atoms with van der Waals surface area (Å²) >= 11 is 1.64. The van der Waals surface area contributed by atoms with E-state index in [1.807, 2.05) is 37.4 Å². The molecule has 0 bridgehead atoms. The molecule has 0 aliphatic heterocycles. The zero-order valence-corrected chi connectivity index (χ0v) is 11.0. The van der Waals surface area contributed by atoms with Gasteiger partial charge in [0.15, 0.2) is 0 Å². The summed E-state index contributed by atoms with van der Waals surface area (Å²) in [5, 5.41) is 16.2. The second-order valence-corrected chi connectivity index (χ2v) is 5.09. The molecule has 1 heterocycles. The summed E-state index contributed by atoms with van der Waals surface area (Å²) in [5.74, 6) is 0. The molecule has 0 spiro atoms. The van der Waals surface area contributed by atoms with Crippen LogP contribution in [0.1, 0.15) is 23.4 Å². The van der Waals surface area contributed by atoms with Gasteiger partial charge >= 0.3 is 0 Å². The Bertz CT molecular complexity index is 552. The van der Waals surface area contributed by atoms with Crippen LogP contribution in [-0.2, 0) is 0 Å². The first-order valence-corrected chi connectivity index (χ1v) is 6.51. The number of aryl methyl sites for hydroxylation is 1. The molecule has 0 radical (unpaired) electrons. The fraction of sp³-hybridized carbons (Fsp3) is 0.231. The van der Waals surface area contributed by atoms with Gasteiger partial charge in [0, 0.05) is 10.9 Å². The molecule has 1 atom stereocenters. The van der Waals surface area contributed by atoms with Gasteiger partial charge in [-0.3, -0.25) is 10.1 Å². The molecule has 2 aromatic rings. The summed E-state index contributed by atoms with van der Waals surface area (Å²) < 4.78 is 0. The first-order chi connectivity index (χ1) is 8.59. The third kappa shape index (κ3) is 2.51. The van der Waals surface area contributed by atoms with Crippen LogP contribution in [0.3, 0.4) is 0 Å². The van der Waals surface area contributed by atoms with Crippen molar-refractivity contribution in [2.24, 2.45) is 0 Å². The van der Waals surface area contributed by atoms with Gasteiger partial charge in [-0.15, -0.1) is 11.3 Å². The van der Waals surface area contributed by atoms with E-state index in [0.29, 0.717) is 5.69 Å². The smallest absolute Gasteiger partial charge is 0.292 e. The van der Waals surface area contributed by atoms with E-state index < -0.39 is 0 Å². The second-order valence-electron chi connectivity index (χ2n) is 4.11. The molecule has 2 rings (SSSR count). The van der Waals surface area contributed by atoms with Crippen molar-refractivity contribution in [1.29, 1.82) is 0 Å². The third-order valence-electron chi connectivity index (χ3n) is 2.78. The van der Waals surface area contributed by atoms with Crippen LogP contribution < -0.4 is 5.32 Å². The highest BCUT2D eigenvalue weighted by molar-refractivity contribution is 7.10. The molecular weight excluding hydrogens is 248 g/mol. The molecule has 1 aromatic carbocycles. The quantitative estimate of drug-likeness (QED) is 0.665. The number of thiophene rings is 1. The van der Waals surface area contributed by atoms with Crippen molar-refractivity contribution in [1.82, 2.24) is 0 Å². The number of nitrogens with one attached hydrogen (secondary N) is 1. The van der Waals surface area contributed by atoms with Crippen molar-refractivity contribution in [3.63, 3.8) is 0 Å². The second kappa shape index (κ2) is 5.18. The van der Waals surface area contributed by atoms with Crippen LogP contribution in [-0.4, -0.2) is 4.92 Å². The van der Waals surface area contributed by atoms with Crippen LogP contribution in [0, 0.1) is 17.0 Å². The first kappa shape index (κ1) is 12.6. The van der Waals surface area contributed by atoms with E-state index in [2.05, 4.69) is 5.32 Å². The molecule has 0 aliphatic carbocycles. The summed E-state index contributed by atoms with van der Waals surface area (Å²) in [4.78, 5) is 11.8. The van der Waals surface area contributed by atoms with Gasteiger partial charge in [0.2, 0.25) is 0 Å². The topological polar surface area (TPSA) is 55.2 Å². The molecule has 5 heteroatoms. The Labute approximate surface area is 109 Å². The lowest BCUT2D eigenvalue weighted by Crippen LogP contribution is -2.08. The van der Waals surface area contributed by atoms with Crippen LogP contribution in [0.25, 0.3) is 0 Å². The van der Waals surface area contributed by atoms with Gasteiger partial charge in [0.1, 0.15) is 5.69 Å². The molecule has 0 aliphatic rings. The van der Waals surface area contributed by atoms with Crippen molar-refractivity contribution >= 4 is 22.7 Å². The lowest BCUT2D eigenvalue weighted by molar-refractivity contribution is -0.384. The number of anilines is 1. The van der Waals surface area contributed by atoms with Gasteiger partial charge in [0.05, 0.1) is 11.0 Å².